The molecule has 1 heterocycles. The van der Waals surface area contributed by atoms with Crippen LogP contribution in [0.25, 0.3) is 0 Å². The van der Waals surface area contributed by atoms with Crippen LogP contribution in [0.3, 0.4) is 0 Å². The highest BCUT2D eigenvalue weighted by molar-refractivity contribution is 7.89. The van der Waals surface area contributed by atoms with Gasteiger partial charge >= 0.3 is 0 Å². The molecule has 0 bridgehead atoms. The lowest BCUT2D eigenvalue weighted by Crippen LogP contribution is -2.50. The van der Waals surface area contributed by atoms with Gasteiger partial charge in [-0.3, -0.25) is 4.90 Å². The molecule has 1 aliphatic carbocycles. The molecule has 1 saturated heterocycles. The third kappa shape index (κ3) is 4.64. The van der Waals surface area contributed by atoms with Gasteiger partial charge in [-0.15, -0.1) is 0 Å². The van der Waals surface area contributed by atoms with Crippen LogP contribution in [0.2, 0.25) is 0 Å². The molecule has 0 amide bonds. The number of piperazine rings is 1. The van der Waals surface area contributed by atoms with E-state index in [2.05, 4.69) is 4.90 Å². The third-order valence-corrected chi connectivity index (χ3v) is 7.02. The van der Waals surface area contributed by atoms with Gasteiger partial charge in [-0.05, 0) is 56.4 Å². The van der Waals surface area contributed by atoms with Gasteiger partial charge in [0, 0.05) is 32.7 Å². The summed E-state index contributed by atoms with van der Waals surface area (Å²) in [5.41, 5.74) is 2.46. The Hall–Kier alpha value is -0.990. The summed E-state index contributed by atoms with van der Waals surface area (Å²) in [6.07, 6.45) is 2.69. The Bertz CT molecular complexity index is 712. The monoisotopic (exact) mass is 382 g/mol. The molecule has 1 fully saturated rings. The highest BCUT2D eigenvalue weighted by Gasteiger charge is 2.29. The Labute approximate surface area is 156 Å². The van der Waals surface area contributed by atoms with E-state index < -0.39 is 16.1 Å². The molecule has 7 heteroatoms. The fourth-order valence-corrected chi connectivity index (χ4v) is 5.14. The predicted octanol–water partition coefficient (Wildman–Crippen LogP) is 1.27. The van der Waals surface area contributed by atoms with Crippen molar-refractivity contribution in [3.05, 3.63) is 29.3 Å². The number of aliphatic hydroxyl groups is 1. The van der Waals surface area contributed by atoms with E-state index in [9.17, 15) is 13.5 Å². The lowest BCUT2D eigenvalue weighted by Gasteiger charge is -2.35. The smallest absolute Gasteiger partial charge is 0.243 e. The van der Waals surface area contributed by atoms with Gasteiger partial charge in [-0.2, -0.15) is 4.31 Å². The summed E-state index contributed by atoms with van der Waals surface area (Å²) < 4.78 is 32.9. The van der Waals surface area contributed by atoms with Gasteiger partial charge in [0.05, 0.1) is 23.7 Å². The predicted molar refractivity (Wildman–Crippen MR) is 101 cm³/mol. The first-order chi connectivity index (χ1) is 12.4. The van der Waals surface area contributed by atoms with Gasteiger partial charge in [0.15, 0.2) is 0 Å². The molecule has 0 saturated carbocycles. The van der Waals surface area contributed by atoms with E-state index in [4.69, 9.17) is 4.74 Å². The van der Waals surface area contributed by atoms with Crippen LogP contribution in [0.5, 0.6) is 0 Å². The molecule has 1 aromatic rings. The fraction of sp³-hybridized carbons (Fsp3) is 0.684. The molecule has 1 atom stereocenters. The lowest BCUT2D eigenvalue weighted by atomic mass is 10.1. The number of aryl methyl sites for hydroxylation is 2. The molecule has 0 spiro atoms. The topological polar surface area (TPSA) is 70.1 Å². The SMILES string of the molecule is CC(C)OCC(O)CN1CCN(S(=O)(=O)c2ccc3c(c2)CCC3)CC1. The first-order valence-electron chi connectivity index (χ1n) is 9.50. The highest BCUT2D eigenvalue weighted by Crippen LogP contribution is 2.26. The second-order valence-corrected chi connectivity index (χ2v) is 9.46. The number of hydrogen-bond acceptors (Lipinski definition) is 5. The van der Waals surface area contributed by atoms with Gasteiger partial charge in [-0.1, -0.05) is 6.07 Å². The third-order valence-electron chi connectivity index (χ3n) is 5.13. The Morgan fingerprint density at radius 3 is 2.50 bits per heavy atom. The van der Waals surface area contributed by atoms with E-state index in [-0.39, 0.29) is 6.10 Å². The number of ether oxygens (including phenoxy) is 1. The van der Waals surface area contributed by atoms with E-state index in [0.29, 0.717) is 44.2 Å². The van der Waals surface area contributed by atoms with E-state index in [1.54, 1.807) is 10.4 Å². The van der Waals surface area contributed by atoms with E-state index in [1.807, 2.05) is 26.0 Å². The van der Waals surface area contributed by atoms with Crippen molar-refractivity contribution < 1.29 is 18.3 Å². The second kappa shape index (κ2) is 8.35. The van der Waals surface area contributed by atoms with Gasteiger partial charge in [0.25, 0.3) is 0 Å². The summed E-state index contributed by atoms with van der Waals surface area (Å²) in [6, 6.07) is 5.58. The zero-order valence-electron chi connectivity index (χ0n) is 15.7. The van der Waals surface area contributed by atoms with Crippen LogP contribution in [0, 0.1) is 0 Å². The average Bonchev–Trinajstić information content (AvgIpc) is 3.08. The molecule has 1 N–H and O–H groups in total. The normalized spacial score (nSPS) is 20.5. The van der Waals surface area contributed by atoms with Crippen molar-refractivity contribution in [2.75, 3.05) is 39.3 Å². The minimum atomic E-state index is -3.44. The Morgan fingerprint density at radius 1 is 1.12 bits per heavy atom. The van der Waals surface area contributed by atoms with E-state index in [0.717, 1.165) is 19.3 Å². The van der Waals surface area contributed by atoms with Crippen LogP contribution in [-0.2, 0) is 27.6 Å². The Balaban J connectivity index is 1.55. The van der Waals surface area contributed by atoms with Crippen molar-refractivity contribution in [1.29, 1.82) is 0 Å². The van der Waals surface area contributed by atoms with Crippen LogP contribution < -0.4 is 0 Å². The van der Waals surface area contributed by atoms with Crippen LogP contribution in [0.1, 0.15) is 31.4 Å². The number of benzene rings is 1. The van der Waals surface area contributed by atoms with Crippen LogP contribution in [-0.4, -0.2) is 74.3 Å². The van der Waals surface area contributed by atoms with E-state index >= 15 is 0 Å². The summed E-state index contributed by atoms with van der Waals surface area (Å²) in [7, 11) is -3.44. The molecule has 0 aromatic heterocycles. The van der Waals surface area contributed by atoms with Crippen LogP contribution in [0.4, 0.5) is 0 Å². The van der Waals surface area contributed by atoms with Crippen molar-refractivity contribution in [2.24, 2.45) is 0 Å². The minimum Gasteiger partial charge on any atom is -0.389 e. The molecule has 6 nitrogen and oxygen atoms in total. The highest BCUT2D eigenvalue weighted by atomic mass is 32.2. The lowest BCUT2D eigenvalue weighted by molar-refractivity contribution is -0.0117. The largest absolute Gasteiger partial charge is 0.389 e. The quantitative estimate of drug-likeness (QED) is 0.769. The molecule has 2 aliphatic rings. The summed E-state index contributed by atoms with van der Waals surface area (Å²) in [6.45, 7) is 6.87. The molecule has 3 rings (SSSR count). The minimum absolute atomic E-state index is 0.0963. The number of rotatable bonds is 7. The van der Waals surface area contributed by atoms with Crippen molar-refractivity contribution in [2.45, 2.75) is 50.2 Å². The Morgan fingerprint density at radius 2 is 1.81 bits per heavy atom. The van der Waals surface area contributed by atoms with E-state index in [1.165, 1.54) is 11.1 Å². The molecule has 26 heavy (non-hydrogen) atoms. The zero-order valence-corrected chi connectivity index (χ0v) is 16.5. The van der Waals surface area contributed by atoms with Crippen molar-refractivity contribution in [3.8, 4) is 0 Å². The van der Waals surface area contributed by atoms with Crippen molar-refractivity contribution >= 4 is 10.0 Å². The second-order valence-electron chi connectivity index (χ2n) is 7.52. The molecule has 1 unspecified atom stereocenters. The maximum atomic E-state index is 12.9. The van der Waals surface area contributed by atoms with Crippen molar-refractivity contribution in [1.82, 2.24) is 9.21 Å². The Kier molecular flexibility index (Phi) is 6.35. The van der Waals surface area contributed by atoms with Gasteiger partial charge in [0.1, 0.15) is 0 Å². The van der Waals surface area contributed by atoms with Crippen LogP contribution in [0.15, 0.2) is 23.1 Å². The number of aliphatic hydroxyl groups excluding tert-OH is 1. The first kappa shape index (κ1) is 19.8. The summed E-state index contributed by atoms with van der Waals surface area (Å²) in [5, 5.41) is 10.0. The summed E-state index contributed by atoms with van der Waals surface area (Å²) >= 11 is 0. The maximum absolute atomic E-state index is 12.9. The molecule has 0 radical (unpaired) electrons. The number of fused-ring (bicyclic) bond motifs is 1. The molecular weight excluding hydrogens is 352 g/mol. The summed E-state index contributed by atoms with van der Waals surface area (Å²) in [5.74, 6) is 0. The van der Waals surface area contributed by atoms with Crippen molar-refractivity contribution in [3.63, 3.8) is 0 Å². The van der Waals surface area contributed by atoms with Crippen LogP contribution >= 0.6 is 0 Å². The molecule has 146 valence electrons. The molecular formula is C19H30N2O4S. The molecule has 1 aliphatic heterocycles. The van der Waals surface area contributed by atoms with Gasteiger partial charge < -0.3 is 9.84 Å². The number of nitrogens with zero attached hydrogens (tertiary/aromatic N) is 2. The fourth-order valence-electron chi connectivity index (χ4n) is 3.66. The number of sulfonamides is 1. The first-order valence-corrected chi connectivity index (χ1v) is 10.9. The average molecular weight is 383 g/mol. The number of hydrogen-bond donors (Lipinski definition) is 1. The van der Waals surface area contributed by atoms with Gasteiger partial charge in [-0.25, -0.2) is 8.42 Å². The standard InChI is InChI=1S/C19H30N2O4S/c1-15(2)25-14-18(22)13-20-8-10-21(11-9-20)26(23,24)19-7-6-16-4-3-5-17(16)12-19/h6-7,12,15,18,22H,3-5,8-11,13-14H2,1-2H3. The summed E-state index contributed by atoms with van der Waals surface area (Å²) in [4.78, 5) is 2.51. The number of β-amino-alcohol motifs (C(OH)–C–C–N with tert-alkyl or cyclic N) is 1. The molecule has 1 aromatic carbocycles. The van der Waals surface area contributed by atoms with Gasteiger partial charge in [0.2, 0.25) is 10.0 Å². The maximum Gasteiger partial charge on any atom is 0.243 e. The zero-order chi connectivity index (χ0) is 18.7.